The Morgan fingerprint density at radius 3 is 2.45 bits per heavy atom. The summed E-state index contributed by atoms with van der Waals surface area (Å²) in [5, 5.41) is -0.0306. The van der Waals surface area contributed by atoms with Crippen LogP contribution >= 0.6 is 11.8 Å². The molecule has 1 heterocycles. The number of esters is 2. The van der Waals surface area contributed by atoms with Crippen LogP contribution < -0.4 is 0 Å². The maximum atomic E-state index is 11.3. The predicted molar refractivity (Wildman–Crippen MR) is 83.5 cm³/mol. The zero-order valence-corrected chi connectivity index (χ0v) is 13.5. The summed E-state index contributed by atoms with van der Waals surface area (Å²) in [5.41, 5.74) is 1.09. The van der Waals surface area contributed by atoms with Gasteiger partial charge in [-0.1, -0.05) is 30.3 Å². The van der Waals surface area contributed by atoms with Crippen molar-refractivity contribution in [2.24, 2.45) is 0 Å². The monoisotopic (exact) mass is 324 g/mol. The molecular formula is C16H20O5S. The maximum absolute atomic E-state index is 11.3. The molecule has 3 atom stereocenters. The number of carbonyl (C=O) groups excluding carboxylic acids is 2. The Morgan fingerprint density at radius 1 is 1.14 bits per heavy atom. The van der Waals surface area contributed by atoms with Gasteiger partial charge in [-0.05, 0) is 5.56 Å². The molecule has 1 fully saturated rings. The largest absolute Gasteiger partial charge is 0.458 e. The lowest BCUT2D eigenvalue weighted by molar-refractivity contribution is -0.163. The van der Waals surface area contributed by atoms with Crippen molar-refractivity contribution < 1.29 is 23.8 Å². The minimum Gasteiger partial charge on any atom is -0.458 e. The summed E-state index contributed by atoms with van der Waals surface area (Å²) in [4.78, 5) is 22.4. The van der Waals surface area contributed by atoms with Crippen LogP contribution in [0.15, 0.2) is 30.3 Å². The molecule has 0 aliphatic carbocycles. The van der Waals surface area contributed by atoms with Gasteiger partial charge in [0.15, 0.2) is 6.10 Å². The highest BCUT2D eigenvalue weighted by Gasteiger charge is 2.41. The molecule has 0 radical (unpaired) electrons. The van der Waals surface area contributed by atoms with Gasteiger partial charge < -0.3 is 14.2 Å². The van der Waals surface area contributed by atoms with Gasteiger partial charge in [0.1, 0.15) is 6.10 Å². The third-order valence-electron chi connectivity index (χ3n) is 3.22. The van der Waals surface area contributed by atoms with E-state index in [1.165, 1.54) is 13.8 Å². The van der Waals surface area contributed by atoms with Crippen LogP contribution in [0.25, 0.3) is 0 Å². The SMILES string of the molecule is CC(=O)O[C@@H]1[C@@H](OC(C)=O)CS[C@H]1COCc1ccccc1. The normalized spacial score (nSPS) is 24.0. The van der Waals surface area contributed by atoms with E-state index in [9.17, 15) is 9.59 Å². The van der Waals surface area contributed by atoms with Gasteiger partial charge in [-0.2, -0.15) is 0 Å². The van der Waals surface area contributed by atoms with Gasteiger partial charge in [0.2, 0.25) is 0 Å². The first-order chi connectivity index (χ1) is 10.6. The first-order valence-corrected chi connectivity index (χ1v) is 8.19. The Balaban J connectivity index is 1.88. The van der Waals surface area contributed by atoms with Gasteiger partial charge in [0.25, 0.3) is 0 Å². The molecular weight excluding hydrogens is 304 g/mol. The molecule has 0 spiro atoms. The van der Waals surface area contributed by atoms with Gasteiger partial charge in [0, 0.05) is 19.6 Å². The van der Waals surface area contributed by atoms with Crippen LogP contribution in [0, 0.1) is 0 Å². The Hall–Kier alpha value is -1.53. The Morgan fingerprint density at radius 2 is 1.82 bits per heavy atom. The quantitative estimate of drug-likeness (QED) is 0.748. The van der Waals surface area contributed by atoms with Crippen LogP contribution in [0.3, 0.4) is 0 Å². The number of rotatable bonds is 6. The van der Waals surface area contributed by atoms with Crippen molar-refractivity contribution in [3.63, 3.8) is 0 Å². The molecule has 1 aromatic rings. The lowest BCUT2D eigenvalue weighted by Gasteiger charge is -2.23. The van der Waals surface area contributed by atoms with Gasteiger partial charge >= 0.3 is 11.9 Å². The molecule has 5 nitrogen and oxygen atoms in total. The molecule has 1 aliphatic rings. The van der Waals surface area contributed by atoms with Gasteiger partial charge in [-0.25, -0.2) is 0 Å². The van der Waals surface area contributed by atoms with Gasteiger partial charge in [-0.15, -0.1) is 11.8 Å². The number of thioether (sulfide) groups is 1. The molecule has 1 saturated heterocycles. The summed E-state index contributed by atoms with van der Waals surface area (Å²) < 4.78 is 16.3. The van der Waals surface area contributed by atoms with Crippen LogP contribution in [0.1, 0.15) is 19.4 Å². The lowest BCUT2D eigenvalue weighted by Crippen LogP contribution is -2.38. The van der Waals surface area contributed by atoms with E-state index in [0.717, 1.165) is 5.56 Å². The molecule has 6 heteroatoms. The van der Waals surface area contributed by atoms with Crippen molar-refractivity contribution in [1.82, 2.24) is 0 Å². The molecule has 0 amide bonds. The smallest absolute Gasteiger partial charge is 0.303 e. The topological polar surface area (TPSA) is 61.8 Å². The first kappa shape index (κ1) is 16.8. The second kappa shape index (κ2) is 8.19. The number of hydrogen-bond donors (Lipinski definition) is 0. The van der Waals surface area contributed by atoms with Crippen LogP contribution in [-0.2, 0) is 30.4 Å². The average Bonchev–Trinajstić information content (AvgIpc) is 2.81. The molecule has 0 unspecified atom stereocenters. The average molecular weight is 324 g/mol. The highest BCUT2D eigenvalue weighted by atomic mass is 32.2. The summed E-state index contributed by atoms with van der Waals surface area (Å²) in [6.45, 7) is 3.66. The van der Waals surface area contributed by atoms with Crippen LogP contribution in [-0.4, -0.2) is 41.8 Å². The van der Waals surface area contributed by atoms with E-state index in [4.69, 9.17) is 14.2 Å². The maximum Gasteiger partial charge on any atom is 0.303 e. The van der Waals surface area contributed by atoms with Crippen molar-refractivity contribution in [2.75, 3.05) is 12.4 Å². The fraction of sp³-hybridized carbons (Fsp3) is 0.500. The van der Waals surface area contributed by atoms with Gasteiger partial charge in [-0.3, -0.25) is 9.59 Å². The second-order valence-electron chi connectivity index (χ2n) is 5.09. The summed E-state index contributed by atoms with van der Waals surface area (Å²) in [6, 6.07) is 9.86. The van der Waals surface area contributed by atoms with E-state index in [-0.39, 0.29) is 17.2 Å². The number of carbonyl (C=O) groups is 2. The Kier molecular flexibility index (Phi) is 6.27. The highest BCUT2D eigenvalue weighted by molar-refractivity contribution is 8.00. The van der Waals surface area contributed by atoms with E-state index >= 15 is 0 Å². The van der Waals surface area contributed by atoms with Crippen molar-refractivity contribution in [3.8, 4) is 0 Å². The van der Waals surface area contributed by atoms with Crippen molar-refractivity contribution in [3.05, 3.63) is 35.9 Å². The van der Waals surface area contributed by atoms with Crippen molar-refractivity contribution in [1.29, 1.82) is 0 Å². The Bertz CT molecular complexity index is 505. The summed E-state index contributed by atoms with van der Waals surface area (Å²) in [6.07, 6.45) is -0.862. The van der Waals surface area contributed by atoms with Crippen LogP contribution in [0.4, 0.5) is 0 Å². The molecule has 1 aliphatic heterocycles. The lowest BCUT2D eigenvalue weighted by atomic mass is 10.1. The van der Waals surface area contributed by atoms with E-state index in [1.54, 1.807) is 11.8 Å². The number of ether oxygens (including phenoxy) is 3. The molecule has 1 aromatic carbocycles. The predicted octanol–water partition coefficient (Wildman–Crippen LogP) is 2.18. The minimum absolute atomic E-state index is 0.0306. The molecule has 22 heavy (non-hydrogen) atoms. The van der Waals surface area contributed by atoms with E-state index in [0.29, 0.717) is 19.0 Å². The second-order valence-corrected chi connectivity index (χ2v) is 6.37. The first-order valence-electron chi connectivity index (χ1n) is 7.14. The fourth-order valence-corrected chi connectivity index (χ4v) is 3.62. The molecule has 0 bridgehead atoms. The zero-order chi connectivity index (χ0) is 15.9. The third-order valence-corrected chi connectivity index (χ3v) is 4.57. The summed E-state index contributed by atoms with van der Waals surface area (Å²) in [5.74, 6) is -0.136. The number of benzene rings is 1. The van der Waals surface area contributed by atoms with Crippen molar-refractivity contribution in [2.45, 2.75) is 37.9 Å². The molecule has 0 N–H and O–H groups in total. The fourth-order valence-electron chi connectivity index (χ4n) is 2.32. The van der Waals surface area contributed by atoms with E-state index in [1.807, 2.05) is 30.3 Å². The number of hydrogen-bond acceptors (Lipinski definition) is 6. The third kappa shape index (κ3) is 5.03. The standard InChI is InChI=1S/C16H20O5S/c1-11(17)20-14-10-22-15(16(14)21-12(2)18)9-19-8-13-6-4-3-5-7-13/h3-7,14-16H,8-10H2,1-2H3/t14-,15-,16+/m0/s1. The molecule has 0 aromatic heterocycles. The van der Waals surface area contributed by atoms with E-state index in [2.05, 4.69) is 0 Å². The van der Waals surface area contributed by atoms with Crippen LogP contribution in [0.5, 0.6) is 0 Å². The molecule has 2 rings (SSSR count). The minimum atomic E-state index is -0.456. The molecule has 0 saturated carbocycles. The highest BCUT2D eigenvalue weighted by Crippen LogP contribution is 2.32. The van der Waals surface area contributed by atoms with Crippen molar-refractivity contribution >= 4 is 23.7 Å². The van der Waals surface area contributed by atoms with E-state index < -0.39 is 12.2 Å². The summed E-state index contributed by atoms with van der Waals surface area (Å²) >= 11 is 1.60. The zero-order valence-electron chi connectivity index (χ0n) is 12.7. The molecule has 120 valence electrons. The Labute approximate surface area is 134 Å². The van der Waals surface area contributed by atoms with Gasteiger partial charge in [0.05, 0.1) is 18.5 Å². The van der Waals surface area contributed by atoms with Crippen LogP contribution in [0.2, 0.25) is 0 Å². The summed E-state index contributed by atoms with van der Waals surface area (Å²) in [7, 11) is 0.